The average Bonchev–Trinajstić information content (AvgIpc) is 3.27. The van der Waals surface area contributed by atoms with Gasteiger partial charge in [-0.05, 0) is 43.7 Å². The summed E-state index contributed by atoms with van der Waals surface area (Å²) in [5, 5.41) is 7.84. The number of aryl methyl sites for hydroxylation is 2. The molecule has 0 fully saturated rings. The van der Waals surface area contributed by atoms with Crippen LogP contribution in [0.1, 0.15) is 26.7 Å². The number of hydrogen-bond donors (Lipinski definition) is 1. The molecule has 2 heterocycles. The Morgan fingerprint density at radius 1 is 1.18 bits per heavy atom. The van der Waals surface area contributed by atoms with Crippen LogP contribution < -0.4 is 5.32 Å². The van der Waals surface area contributed by atoms with Gasteiger partial charge < -0.3 is 9.73 Å². The molecule has 142 valence electrons. The fourth-order valence-electron chi connectivity index (χ4n) is 2.94. The van der Waals surface area contributed by atoms with Crippen molar-refractivity contribution in [3.05, 3.63) is 73.7 Å². The van der Waals surface area contributed by atoms with E-state index in [0.29, 0.717) is 27.9 Å². The van der Waals surface area contributed by atoms with Gasteiger partial charge in [0.2, 0.25) is 0 Å². The van der Waals surface area contributed by atoms with E-state index in [0.717, 1.165) is 32.8 Å². The highest BCUT2D eigenvalue weighted by molar-refractivity contribution is 7.09. The number of nitrogens with zero attached hydrogens (tertiary/aromatic N) is 1. The second-order valence-electron chi connectivity index (χ2n) is 6.47. The summed E-state index contributed by atoms with van der Waals surface area (Å²) in [7, 11) is 0. The first kappa shape index (κ1) is 19.0. The SMILES string of the molecule is Cc1cc2oc(C(=O)NCc3nc(-c4ccc(Cl)cc4)cs3)c(C)c2cc1Cl. The van der Waals surface area contributed by atoms with Gasteiger partial charge in [-0.3, -0.25) is 4.79 Å². The highest BCUT2D eigenvalue weighted by Crippen LogP contribution is 2.30. The topological polar surface area (TPSA) is 55.1 Å². The number of fused-ring (bicyclic) bond motifs is 1. The normalized spacial score (nSPS) is 11.1. The van der Waals surface area contributed by atoms with Gasteiger partial charge in [-0.15, -0.1) is 11.3 Å². The maximum absolute atomic E-state index is 12.6. The average molecular weight is 431 g/mol. The molecule has 0 aliphatic carbocycles. The molecule has 0 radical (unpaired) electrons. The Hall–Kier alpha value is -2.34. The predicted molar refractivity (Wildman–Crippen MR) is 114 cm³/mol. The summed E-state index contributed by atoms with van der Waals surface area (Å²) in [4.78, 5) is 17.2. The Morgan fingerprint density at radius 3 is 2.68 bits per heavy atom. The Balaban J connectivity index is 1.50. The van der Waals surface area contributed by atoms with Crippen molar-refractivity contribution in [3.8, 4) is 11.3 Å². The van der Waals surface area contributed by atoms with Crippen LogP contribution in [0.5, 0.6) is 0 Å². The zero-order valence-corrected chi connectivity index (χ0v) is 17.5. The molecule has 7 heteroatoms. The van der Waals surface area contributed by atoms with Crippen LogP contribution in [0.25, 0.3) is 22.2 Å². The largest absolute Gasteiger partial charge is 0.451 e. The van der Waals surface area contributed by atoms with Crippen LogP contribution in [0.3, 0.4) is 0 Å². The van der Waals surface area contributed by atoms with Crippen molar-refractivity contribution in [2.45, 2.75) is 20.4 Å². The summed E-state index contributed by atoms with van der Waals surface area (Å²) in [5.74, 6) is 0.0249. The van der Waals surface area contributed by atoms with Crippen molar-refractivity contribution in [3.63, 3.8) is 0 Å². The smallest absolute Gasteiger partial charge is 0.287 e. The van der Waals surface area contributed by atoms with Crippen molar-refractivity contribution in [2.24, 2.45) is 0 Å². The Kier molecular flexibility index (Phi) is 5.15. The van der Waals surface area contributed by atoms with E-state index in [2.05, 4.69) is 10.3 Å². The lowest BCUT2D eigenvalue weighted by Crippen LogP contribution is -2.22. The van der Waals surface area contributed by atoms with Gasteiger partial charge in [0, 0.05) is 31.9 Å². The Bertz CT molecular complexity index is 1180. The van der Waals surface area contributed by atoms with Gasteiger partial charge in [0.15, 0.2) is 5.76 Å². The van der Waals surface area contributed by atoms with Crippen LogP contribution in [0, 0.1) is 13.8 Å². The van der Waals surface area contributed by atoms with Gasteiger partial charge in [-0.2, -0.15) is 0 Å². The molecule has 0 aliphatic rings. The summed E-state index contributed by atoms with van der Waals surface area (Å²) >= 11 is 13.6. The lowest BCUT2D eigenvalue weighted by Gasteiger charge is -2.01. The number of halogens is 2. The molecular weight excluding hydrogens is 415 g/mol. The number of carbonyl (C=O) groups is 1. The van der Waals surface area contributed by atoms with Crippen molar-refractivity contribution >= 4 is 51.4 Å². The van der Waals surface area contributed by atoms with Gasteiger partial charge in [-0.25, -0.2) is 4.98 Å². The zero-order valence-electron chi connectivity index (χ0n) is 15.2. The minimum absolute atomic E-state index is 0.272. The third-order valence-corrected chi connectivity index (χ3v) is 6.02. The molecule has 0 saturated heterocycles. The fraction of sp³-hybridized carbons (Fsp3) is 0.143. The van der Waals surface area contributed by atoms with Crippen LogP contribution in [0.4, 0.5) is 0 Å². The molecule has 1 amide bonds. The summed E-state index contributed by atoms with van der Waals surface area (Å²) in [5.41, 5.74) is 4.18. The van der Waals surface area contributed by atoms with Crippen LogP contribution in [0.15, 0.2) is 46.2 Å². The number of hydrogen-bond acceptors (Lipinski definition) is 4. The lowest BCUT2D eigenvalue weighted by atomic mass is 10.1. The van der Waals surface area contributed by atoms with E-state index >= 15 is 0 Å². The lowest BCUT2D eigenvalue weighted by molar-refractivity contribution is 0.0924. The minimum Gasteiger partial charge on any atom is -0.451 e. The van der Waals surface area contributed by atoms with Crippen LogP contribution in [-0.2, 0) is 6.54 Å². The number of amides is 1. The van der Waals surface area contributed by atoms with Gasteiger partial charge in [-0.1, -0.05) is 35.3 Å². The summed E-state index contributed by atoms with van der Waals surface area (Å²) in [6.07, 6.45) is 0. The highest BCUT2D eigenvalue weighted by atomic mass is 35.5. The number of benzene rings is 2. The first-order valence-electron chi connectivity index (χ1n) is 8.60. The van der Waals surface area contributed by atoms with Crippen molar-refractivity contribution in [1.29, 1.82) is 0 Å². The molecular formula is C21H16Cl2N2O2S. The van der Waals surface area contributed by atoms with Crippen molar-refractivity contribution in [2.75, 3.05) is 0 Å². The van der Waals surface area contributed by atoms with Crippen LogP contribution in [-0.4, -0.2) is 10.9 Å². The van der Waals surface area contributed by atoms with E-state index in [9.17, 15) is 4.79 Å². The Morgan fingerprint density at radius 2 is 1.93 bits per heavy atom. The van der Waals surface area contributed by atoms with E-state index in [1.807, 2.05) is 55.6 Å². The predicted octanol–water partition coefficient (Wildman–Crippen LogP) is 6.41. The zero-order chi connectivity index (χ0) is 19.8. The second-order valence-corrected chi connectivity index (χ2v) is 8.26. The molecule has 0 aliphatic heterocycles. The Labute approximate surface area is 176 Å². The molecule has 28 heavy (non-hydrogen) atoms. The quantitative estimate of drug-likeness (QED) is 0.406. The van der Waals surface area contributed by atoms with Gasteiger partial charge >= 0.3 is 0 Å². The third kappa shape index (κ3) is 3.65. The number of rotatable bonds is 4. The van der Waals surface area contributed by atoms with E-state index < -0.39 is 0 Å². The molecule has 0 saturated carbocycles. The number of furan rings is 1. The summed E-state index contributed by atoms with van der Waals surface area (Å²) in [6.45, 7) is 4.09. The highest BCUT2D eigenvalue weighted by Gasteiger charge is 2.19. The molecule has 0 unspecified atom stereocenters. The van der Waals surface area contributed by atoms with E-state index in [4.69, 9.17) is 27.6 Å². The number of carbonyl (C=O) groups excluding carboxylic acids is 1. The number of nitrogens with one attached hydrogen (secondary N) is 1. The molecule has 2 aromatic carbocycles. The van der Waals surface area contributed by atoms with Crippen LogP contribution >= 0.6 is 34.5 Å². The minimum atomic E-state index is -0.272. The molecule has 0 spiro atoms. The number of aromatic nitrogens is 1. The standard InChI is InChI=1S/C21H16Cl2N2O2S/c1-11-7-18-15(8-16(11)23)12(2)20(27-18)21(26)24-9-19-25-17(10-28-19)13-3-5-14(22)6-4-13/h3-8,10H,9H2,1-2H3,(H,24,26). The van der Waals surface area contributed by atoms with E-state index in [1.54, 1.807) is 0 Å². The van der Waals surface area contributed by atoms with E-state index in [1.165, 1.54) is 11.3 Å². The van der Waals surface area contributed by atoms with Crippen LogP contribution in [0.2, 0.25) is 10.0 Å². The van der Waals surface area contributed by atoms with E-state index in [-0.39, 0.29) is 5.91 Å². The first-order chi connectivity index (χ1) is 13.4. The molecule has 1 N–H and O–H groups in total. The molecule has 4 aromatic rings. The second kappa shape index (κ2) is 7.59. The molecule has 0 atom stereocenters. The summed E-state index contributed by atoms with van der Waals surface area (Å²) < 4.78 is 5.77. The molecule has 0 bridgehead atoms. The van der Waals surface area contributed by atoms with Crippen molar-refractivity contribution < 1.29 is 9.21 Å². The fourth-order valence-corrected chi connectivity index (χ4v) is 3.97. The van der Waals surface area contributed by atoms with Crippen molar-refractivity contribution in [1.82, 2.24) is 10.3 Å². The maximum atomic E-state index is 12.6. The number of thiazole rings is 1. The first-order valence-corrected chi connectivity index (χ1v) is 10.2. The maximum Gasteiger partial charge on any atom is 0.287 e. The van der Waals surface area contributed by atoms with Gasteiger partial charge in [0.1, 0.15) is 10.6 Å². The summed E-state index contributed by atoms with van der Waals surface area (Å²) in [6, 6.07) is 11.2. The molecule has 2 aromatic heterocycles. The van der Waals surface area contributed by atoms with Gasteiger partial charge in [0.25, 0.3) is 5.91 Å². The monoisotopic (exact) mass is 430 g/mol. The third-order valence-electron chi connectivity index (χ3n) is 4.52. The molecule has 4 rings (SSSR count). The van der Waals surface area contributed by atoms with Gasteiger partial charge in [0.05, 0.1) is 12.2 Å². The molecule has 4 nitrogen and oxygen atoms in total.